The lowest BCUT2D eigenvalue weighted by Crippen LogP contribution is -2.05. The maximum Gasteiger partial charge on any atom is 0.310 e. The van der Waals surface area contributed by atoms with E-state index in [4.69, 9.17) is 9.15 Å². The first-order valence-electron chi connectivity index (χ1n) is 10.5. The summed E-state index contributed by atoms with van der Waals surface area (Å²) in [5.41, 5.74) is 1.60. The minimum absolute atomic E-state index is 0.124. The fourth-order valence-corrected chi connectivity index (χ4v) is 3.60. The first-order valence-corrected chi connectivity index (χ1v) is 12.4. The molecule has 0 N–H and O–H groups in total. The molecule has 0 fully saturated rings. The Kier molecular flexibility index (Phi) is 6.36. The summed E-state index contributed by atoms with van der Waals surface area (Å²) in [7, 11) is -9.69. The lowest BCUT2D eigenvalue weighted by atomic mass is 10.2. The van der Waals surface area contributed by atoms with Gasteiger partial charge < -0.3 is 9.15 Å². The maximum absolute atomic E-state index is 12.8. The molecule has 6 nitrogen and oxygen atoms in total. The topological polar surface area (TPSA) is 66.0 Å². The van der Waals surface area contributed by atoms with Crippen LogP contribution in [0.3, 0.4) is 0 Å². The van der Waals surface area contributed by atoms with Crippen molar-refractivity contribution < 1.29 is 28.6 Å². The molecule has 4 aromatic rings. The molecule has 0 atom stereocenters. The zero-order valence-electron chi connectivity index (χ0n) is 18.5. The summed E-state index contributed by atoms with van der Waals surface area (Å²) in [5.74, 6) is 6.91. The molecule has 36 heavy (non-hydrogen) atoms. The van der Waals surface area contributed by atoms with Crippen molar-refractivity contribution in [2.75, 3.05) is 0 Å². The predicted molar refractivity (Wildman–Crippen MR) is 126 cm³/mol. The molecule has 0 aliphatic rings. The molecule has 0 amide bonds. The summed E-state index contributed by atoms with van der Waals surface area (Å²) < 4.78 is 76.6. The normalized spacial score (nSPS) is 13.6. The Bertz CT molecular complexity index is 1410. The van der Waals surface area contributed by atoms with Gasteiger partial charge in [0.1, 0.15) is 29.2 Å². The van der Waals surface area contributed by atoms with Gasteiger partial charge in [-0.3, -0.25) is 4.68 Å². The molecule has 2 heterocycles. The molecule has 0 radical (unpaired) electrons. The molecule has 0 saturated carbocycles. The van der Waals surface area contributed by atoms with Crippen molar-refractivity contribution in [2.24, 2.45) is 0 Å². The fourth-order valence-electron chi connectivity index (χ4n) is 2.95. The summed E-state index contributed by atoms with van der Waals surface area (Å²) in [4.78, 5) is 2.26. The molecular weight excluding hydrogens is 503 g/mol. The third-order valence-corrected chi connectivity index (χ3v) is 5.89. The third-order valence-electron chi connectivity index (χ3n) is 4.73. The van der Waals surface area contributed by atoms with Gasteiger partial charge in [0.05, 0.1) is 12.7 Å². The van der Waals surface area contributed by atoms with Gasteiger partial charge in [0, 0.05) is 24.3 Å². The number of hydrogen-bond donors (Lipinski definition) is 0. The SMILES string of the molecule is FS(F)(F)(F)(F)c1ccc(C=Cc2nc(COc3ccc(C#CCCn4ccnn4)cc3)co2)cc1. The van der Waals surface area contributed by atoms with Crippen molar-refractivity contribution in [3.05, 3.63) is 89.9 Å². The molecule has 0 saturated heterocycles. The van der Waals surface area contributed by atoms with Crippen molar-refractivity contribution >= 4 is 22.4 Å². The average Bonchev–Trinajstić information content (AvgIpc) is 3.51. The van der Waals surface area contributed by atoms with E-state index in [1.807, 2.05) is 12.1 Å². The van der Waals surface area contributed by atoms with Crippen LogP contribution in [0, 0.1) is 11.8 Å². The van der Waals surface area contributed by atoms with E-state index < -0.39 is 15.1 Å². The molecule has 0 aliphatic carbocycles. The van der Waals surface area contributed by atoms with Crippen LogP contribution in [0.2, 0.25) is 0 Å². The summed E-state index contributed by atoms with van der Waals surface area (Å²) in [6, 6.07) is 9.81. The van der Waals surface area contributed by atoms with Crippen LogP contribution in [-0.4, -0.2) is 20.0 Å². The monoisotopic (exact) mass is 522 g/mol. The van der Waals surface area contributed by atoms with Gasteiger partial charge in [0.15, 0.2) is 0 Å². The Balaban J connectivity index is 1.27. The largest absolute Gasteiger partial charge is 0.487 e. The zero-order chi connectivity index (χ0) is 25.7. The molecule has 2 aromatic carbocycles. The number of hydrogen-bond acceptors (Lipinski definition) is 5. The molecule has 2 aromatic heterocycles. The van der Waals surface area contributed by atoms with E-state index in [2.05, 4.69) is 27.1 Å². The molecular formula is C24H19F5N4O2S. The van der Waals surface area contributed by atoms with Gasteiger partial charge in [-0.05, 0) is 48.0 Å². The summed E-state index contributed by atoms with van der Waals surface area (Å²) in [6.45, 7) is 0.784. The van der Waals surface area contributed by atoms with E-state index in [9.17, 15) is 19.4 Å². The van der Waals surface area contributed by atoms with Gasteiger partial charge in [-0.2, -0.15) is 0 Å². The Morgan fingerprint density at radius 1 is 0.972 bits per heavy atom. The van der Waals surface area contributed by atoms with E-state index in [0.717, 1.165) is 17.7 Å². The Morgan fingerprint density at radius 3 is 2.39 bits per heavy atom. The van der Waals surface area contributed by atoms with Crippen LogP contribution in [0.4, 0.5) is 19.4 Å². The minimum Gasteiger partial charge on any atom is -0.487 e. The van der Waals surface area contributed by atoms with Crippen molar-refractivity contribution in [1.82, 2.24) is 20.0 Å². The first kappa shape index (κ1) is 25.0. The van der Waals surface area contributed by atoms with Crippen LogP contribution in [0.1, 0.15) is 29.1 Å². The molecule has 0 unspecified atom stereocenters. The van der Waals surface area contributed by atoms with Gasteiger partial charge in [-0.1, -0.05) is 48.6 Å². The highest BCUT2D eigenvalue weighted by Gasteiger charge is 2.65. The minimum atomic E-state index is -9.69. The average molecular weight is 522 g/mol. The van der Waals surface area contributed by atoms with Gasteiger partial charge in [0.2, 0.25) is 5.89 Å². The number of ether oxygens (including phenoxy) is 1. The fraction of sp³-hybridized carbons (Fsp3) is 0.125. The maximum atomic E-state index is 12.8. The van der Waals surface area contributed by atoms with Crippen LogP contribution in [0.5, 0.6) is 5.75 Å². The Labute approximate surface area is 203 Å². The van der Waals surface area contributed by atoms with Gasteiger partial charge in [0.25, 0.3) is 0 Å². The lowest BCUT2D eigenvalue weighted by Gasteiger charge is -2.40. The second-order valence-corrected chi connectivity index (χ2v) is 9.99. The summed E-state index contributed by atoms with van der Waals surface area (Å²) in [6.07, 6.45) is 8.21. The van der Waals surface area contributed by atoms with E-state index in [1.165, 1.54) is 18.4 Å². The number of aromatic nitrogens is 4. The number of aryl methyl sites for hydroxylation is 1. The molecule has 4 rings (SSSR count). The van der Waals surface area contributed by atoms with Crippen LogP contribution < -0.4 is 4.74 Å². The quantitative estimate of drug-likeness (QED) is 0.182. The molecule has 12 heteroatoms. The van der Waals surface area contributed by atoms with Crippen LogP contribution >= 0.6 is 10.2 Å². The van der Waals surface area contributed by atoms with E-state index in [0.29, 0.717) is 36.5 Å². The van der Waals surface area contributed by atoms with Gasteiger partial charge in [-0.15, -0.1) is 5.10 Å². The molecule has 0 spiro atoms. The number of rotatable bonds is 8. The van der Waals surface area contributed by atoms with E-state index in [-0.39, 0.29) is 18.1 Å². The van der Waals surface area contributed by atoms with Gasteiger partial charge in [-0.25, -0.2) is 4.98 Å². The van der Waals surface area contributed by atoms with Crippen molar-refractivity contribution in [2.45, 2.75) is 24.5 Å². The van der Waals surface area contributed by atoms with Crippen LogP contribution in [0.15, 0.2) is 76.5 Å². The lowest BCUT2D eigenvalue weighted by molar-refractivity contribution is 0.301. The highest BCUT2D eigenvalue weighted by atomic mass is 32.5. The van der Waals surface area contributed by atoms with Crippen molar-refractivity contribution in [3.63, 3.8) is 0 Å². The number of oxazole rings is 1. The zero-order valence-corrected chi connectivity index (χ0v) is 19.3. The Hall–Kier alpha value is -4.11. The van der Waals surface area contributed by atoms with E-state index in [1.54, 1.807) is 29.2 Å². The molecule has 0 aliphatic heterocycles. The standard InChI is InChI=1S/C24H19F5N4O2S/c25-36(26,27,28,29)23-11-6-20(7-12-23)8-13-24-31-21(18-35-24)17-34-22-9-4-19(5-10-22)3-1-2-15-33-16-14-30-32-33/h4-14,16,18H,2,15,17H2. The second-order valence-electron chi connectivity index (χ2n) is 7.58. The van der Waals surface area contributed by atoms with Crippen molar-refractivity contribution in [3.8, 4) is 17.6 Å². The highest BCUT2D eigenvalue weighted by Crippen LogP contribution is 3.02. The van der Waals surface area contributed by atoms with Crippen molar-refractivity contribution in [1.29, 1.82) is 0 Å². The second kappa shape index (κ2) is 9.16. The number of halogens is 5. The molecule has 188 valence electrons. The first-order chi connectivity index (χ1) is 16.9. The summed E-state index contributed by atoms with van der Waals surface area (Å²) >= 11 is 0. The smallest absolute Gasteiger partial charge is 0.310 e. The van der Waals surface area contributed by atoms with Crippen LogP contribution in [-0.2, 0) is 13.2 Å². The van der Waals surface area contributed by atoms with Crippen LogP contribution in [0.25, 0.3) is 12.2 Å². The highest BCUT2D eigenvalue weighted by molar-refractivity contribution is 8.45. The summed E-state index contributed by atoms with van der Waals surface area (Å²) in [5, 5.41) is 7.60. The third kappa shape index (κ3) is 7.19. The Morgan fingerprint density at radius 2 is 1.72 bits per heavy atom. The molecule has 0 bridgehead atoms. The number of benzene rings is 2. The number of nitrogens with zero attached hydrogens (tertiary/aromatic N) is 4. The van der Waals surface area contributed by atoms with E-state index >= 15 is 0 Å². The predicted octanol–water partition coefficient (Wildman–Crippen LogP) is 7.11. The van der Waals surface area contributed by atoms with Gasteiger partial charge >= 0.3 is 10.2 Å².